The van der Waals surface area contributed by atoms with Crippen LogP contribution in [0.3, 0.4) is 0 Å². The maximum Gasteiger partial charge on any atom is 0.339 e. The lowest BCUT2D eigenvalue weighted by Crippen LogP contribution is -2.45. The fourth-order valence-corrected chi connectivity index (χ4v) is 2.34. The van der Waals surface area contributed by atoms with Gasteiger partial charge in [0.15, 0.2) is 0 Å². The number of carbonyl (C=O) groups excluding carboxylic acids is 1. The predicted molar refractivity (Wildman–Crippen MR) is 75.5 cm³/mol. The number of ether oxygens (including phenoxy) is 2. The number of esters is 1. The van der Waals surface area contributed by atoms with Gasteiger partial charge in [-0.25, -0.2) is 9.18 Å². The number of morpholine rings is 1. The first-order valence-electron chi connectivity index (χ1n) is 7.16. The van der Waals surface area contributed by atoms with Gasteiger partial charge in [-0.1, -0.05) is 13.8 Å². The zero-order chi connectivity index (χ0) is 15.2. The molecule has 0 unspecified atom stereocenters. The summed E-state index contributed by atoms with van der Waals surface area (Å²) in [4.78, 5) is 17.7. The number of rotatable bonds is 5. The molecule has 1 aliphatic rings. The number of hydrogen-bond acceptors (Lipinski definition) is 5. The molecular weight excluding hydrogens is 275 g/mol. The van der Waals surface area contributed by atoms with E-state index in [1.54, 1.807) is 0 Å². The number of pyridine rings is 1. The van der Waals surface area contributed by atoms with Crippen molar-refractivity contribution in [3.8, 4) is 0 Å². The van der Waals surface area contributed by atoms with Crippen molar-refractivity contribution in [1.82, 2.24) is 9.88 Å². The Balaban J connectivity index is 1.81. The summed E-state index contributed by atoms with van der Waals surface area (Å²) in [6.45, 7) is 7.79. The fourth-order valence-electron chi connectivity index (χ4n) is 2.34. The zero-order valence-electron chi connectivity index (χ0n) is 12.4. The summed E-state index contributed by atoms with van der Waals surface area (Å²) in [7, 11) is 0. The Morgan fingerprint density at radius 3 is 3.10 bits per heavy atom. The van der Waals surface area contributed by atoms with Gasteiger partial charge in [0.25, 0.3) is 0 Å². The lowest BCUT2D eigenvalue weighted by atomic mass is 10.2. The molecule has 1 atom stereocenters. The highest BCUT2D eigenvalue weighted by atomic mass is 19.1. The molecule has 0 radical (unpaired) electrons. The van der Waals surface area contributed by atoms with Crippen LogP contribution in [0.15, 0.2) is 18.5 Å². The van der Waals surface area contributed by atoms with E-state index in [0.717, 1.165) is 31.9 Å². The molecule has 2 heterocycles. The van der Waals surface area contributed by atoms with Crippen molar-refractivity contribution >= 4 is 5.97 Å². The third-order valence-electron chi connectivity index (χ3n) is 3.19. The van der Waals surface area contributed by atoms with Crippen LogP contribution >= 0.6 is 0 Å². The summed E-state index contributed by atoms with van der Waals surface area (Å²) in [5.41, 5.74) is 0.116. The van der Waals surface area contributed by atoms with Crippen LogP contribution in [0.25, 0.3) is 0 Å². The first-order chi connectivity index (χ1) is 10.0. The summed E-state index contributed by atoms with van der Waals surface area (Å²) in [6, 6.07) is 1.11. The van der Waals surface area contributed by atoms with Crippen molar-refractivity contribution in [1.29, 1.82) is 0 Å². The SMILES string of the molecule is CC(C)CN1CCO[C@@H](COC(=O)c2cncc(F)c2)C1. The quantitative estimate of drug-likeness (QED) is 0.775. The highest BCUT2D eigenvalue weighted by molar-refractivity contribution is 5.88. The van der Waals surface area contributed by atoms with Gasteiger partial charge in [0.1, 0.15) is 18.5 Å². The second kappa shape index (κ2) is 7.47. The van der Waals surface area contributed by atoms with Crippen molar-refractivity contribution in [3.05, 3.63) is 29.8 Å². The molecule has 1 aromatic rings. The Hall–Kier alpha value is -1.53. The molecular formula is C15H21FN2O3. The standard InChI is InChI=1S/C15H21FN2O3/c1-11(2)8-18-3-4-20-14(9-18)10-21-15(19)12-5-13(16)7-17-6-12/h5-7,11,14H,3-4,8-10H2,1-2H3/t14-/m1/s1. The first-order valence-corrected chi connectivity index (χ1v) is 7.16. The largest absolute Gasteiger partial charge is 0.459 e. The topological polar surface area (TPSA) is 51.7 Å². The van der Waals surface area contributed by atoms with Crippen molar-refractivity contribution in [2.24, 2.45) is 5.92 Å². The Labute approximate surface area is 124 Å². The van der Waals surface area contributed by atoms with Crippen molar-refractivity contribution in [3.63, 3.8) is 0 Å². The van der Waals surface area contributed by atoms with Gasteiger partial charge in [-0.3, -0.25) is 9.88 Å². The minimum Gasteiger partial charge on any atom is -0.459 e. The maximum absolute atomic E-state index is 13.0. The van der Waals surface area contributed by atoms with Crippen LogP contribution in [0.4, 0.5) is 4.39 Å². The molecule has 21 heavy (non-hydrogen) atoms. The van der Waals surface area contributed by atoms with Crippen molar-refractivity contribution in [2.45, 2.75) is 20.0 Å². The first kappa shape index (κ1) is 15.9. The molecule has 1 aromatic heterocycles. The lowest BCUT2D eigenvalue weighted by molar-refractivity contribution is -0.0612. The summed E-state index contributed by atoms with van der Waals surface area (Å²) in [5, 5.41) is 0. The van der Waals surface area contributed by atoms with E-state index < -0.39 is 11.8 Å². The Morgan fingerprint density at radius 1 is 1.57 bits per heavy atom. The number of aromatic nitrogens is 1. The molecule has 1 aliphatic heterocycles. The van der Waals surface area contributed by atoms with E-state index in [1.807, 2.05) is 0 Å². The summed E-state index contributed by atoms with van der Waals surface area (Å²) < 4.78 is 23.8. The second-order valence-corrected chi connectivity index (χ2v) is 5.64. The van der Waals surface area contributed by atoms with Gasteiger partial charge in [0.2, 0.25) is 0 Å². The molecule has 5 nitrogen and oxygen atoms in total. The van der Waals surface area contributed by atoms with Crippen LogP contribution < -0.4 is 0 Å². The highest BCUT2D eigenvalue weighted by Crippen LogP contribution is 2.10. The normalized spacial score (nSPS) is 19.7. The van der Waals surface area contributed by atoms with Crippen molar-refractivity contribution in [2.75, 3.05) is 32.8 Å². The Morgan fingerprint density at radius 2 is 2.38 bits per heavy atom. The van der Waals surface area contributed by atoms with Gasteiger partial charge in [-0.15, -0.1) is 0 Å². The third kappa shape index (κ3) is 5.06. The summed E-state index contributed by atoms with van der Waals surface area (Å²) >= 11 is 0. The predicted octanol–water partition coefficient (Wildman–Crippen LogP) is 1.73. The minimum absolute atomic E-state index is 0.116. The molecule has 0 saturated carbocycles. The molecule has 6 heteroatoms. The second-order valence-electron chi connectivity index (χ2n) is 5.64. The molecule has 0 spiro atoms. The number of nitrogens with zero attached hydrogens (tertiary/aromatic N) is 2. The molecule has 1 saturated heterocycles. The third-order valence-corrected chi connectivity index (χ3v) is 3.19. The van der Waals surface area contributed by atoms with Gasteiger partial charge in [-0.05, 0) is 12.0 Å². The fraction of sp³-hybridized carbons (Fsp3) is 0.600. The van der Waals surface area contributed by atoms with Crippen LogP contribution in [0.2, 0.25) is 0 Å². The number of hydrogen-bond donors (Lipinski definition) is 0. The highest BCUT2D eigenvalue weighted by Gasteiger charge is 2.22. The van der Waals surface area contributed by atoms with E-state index in [0.29, 0.717) is 12.5 Å². The zero-order valence-corrected chi connectivity index (χ0v) is 12.4. The molecule has 2 rings (SSSR count). The maximum atomic E-state index is 13.0. The average molecular weight is 296 g/mol. The van der Waals surface area contributed by atoms with Crippen LogP contribution in [0, 0.1) is 11.7 Å². The Bertz CT molecular complexity index is 482. The Kier molecular flexibility index (Phi) is 5.64. The monoisotopic (exact) mass is 296 g/mol. The van der Waals surface area contributed by atoms with Crippen LogP contribution in [-0.2, 0) is 9.47 Å². The molecule has 0 amide bonds. The number of carbonyl (C=O) groups is 1. The number of halogens is 1. The molecule has 0 aliphatic carbocycles. The lowest BCUT2D eigenvalue weighted by Gasteiger charge is -2.33. The smallest absolute Gasteiger partial charge is 0.339 e. The van der Waals surface area contributed by atoms with E-state index in [2.05, 4.69) is 23.7 Å². The van der Waals surface area contributed by atoms with Gasteiger partial charge in [0, 0.05) is 25.8 Å². The van der Waals surface area contributed by atoms with Gasteiger partial charge in [-0.2, -0.15) is 0 Å². The molecule has 0 aromatic carbocycles. The van der Waals surface area contributed by atoms with Crippen LogP contribution in [-0.4, -0.2) is 54.8 Å². The molecule has 0 bridgehead atoms. The van der Waals surface area contributed by atoms with Gasteiger partial charge >= 0.3 is 5.97 Å². The van der Waals surface area contributed by atoms with Gasteiger partial charge in [0.05, 0.1) is 18.4 Å². The van der Waals surface area contributed by atoms with E-state index in [4.69, 9.17) is 9.47 Å². The molecule has 0 N–H and O–H groups in total. The van der Waals surface area contributed by atoms with Gasteiger partial charge < -0.3 is 9.47 Å². The van der Waals surface area contributed by atoms with Crippen LogP contribution in [0.1, 0.15) is 24.2 Å². The van der Waals surface area contributed by atoms with E-state index in [-0.39, 0.29) is 18.3 Å². The van der Waals surface area contributed by atoms with Crippen LogP contribution in [0.5, 0.6) is 0 Å². The van der Waals surface area contributed by atoms with Crippen molar-refractivity contribution < 1.29 is 18.7 Å². The summed E-state index contributed by atoms with van der Waals surface area (Å²) in [5.74, 6) is -0.544. The van der Waals surface area contributed by atoms with E-state index in [1.165, 1.54) is 6.20 Å². The average Bonchev–Trinajstić information content (AvgIpc) is 2.44. The molecule has 116 valence electrons. The molecule has 1 fully saturated rings. The van der Waals surface area contributed by atoms with E-state index >= 15 is 0 Å². The van der Waals surface area contributed by atoms with E-state index in [9.17, 15) is 9.18 Å². The minimum atomic E-state index is -0.577. The summed E-state index contributed by atoms with van der Waals surface area (Å²) in [6.07, 6.45) is 2.20.